The van der Waals surface area contributed by atoms with Gasteiger partial charge < -0.3 is 9.88 Å². The van der Waals surface area contributed by atoms with E-state index in [4.69, 9.17) is 4.98 Å². The molecule has 1 aromatic carbocycles. The first-order valence-electron chi connectivity index (χ1n) is 11.8. The van der Waals surface area contributed by atoms with Crippen molar-refractivity contribution in [3.05, 3.63) is 55.9 Å². The molecule has 0 aliphatic carbocycles. The van der Waals surface area contributed by atoms with Crippen molar-refractivity contribution < 1.29 is 4.79 Å². The largest absolute Gasteiger partial charge is 0.340 e. The number of aromatic amines is 1. The van der Waals surface area contributed by atoms with Crippen LogP contribution < -0.4 is 5.56 Å². The Bertz CT molecular complexity index is 1350. The lowest BCUT2D eigenvalue weighted by Crippen LogP contribution is -2.48. The number of nitrogens with one attached hydrogen (secondary N) is 1. The monoisotopic (exact) mass is 495 g/mol. The van der Waals surface area contributed by atoms with Gasteiger partial charge in [0.25, 0.3) is 5.56 Å². The summed E-state index contributed by atoms with van der Waals surface area (Å²) in [7, 11) is 0. The first kappa shape index (κ1) is 23.1. The van der Waals surface area contributed by atoms with E-state index in [0.29, 0.717) is 24.2 Å². The maximum atomic E-state index is 12.7. The van der Waals surface area contributed by atoms with Gasteiger partial charge in [0.15, 0.2) is 0 Å². The van der Waals surface area contributed by atoms with Crippen LogP contribution in [0.4, 0.5) is 0 Å². The molecular formula is C25H29N5O2S2. The molecule has 34 heavy (non-hydrogen) atoms. The third kappa shape index (κ3) is 4.92. The number of aryl methyl sites for hydroxylation is 3. The van der Waals surface area contributed by atoms with Gasteiger partial charge in [-0.05, 0) is 50.8 Å². The topological polar surface area (TPSA) is 82.2 Å². The first-order chi connectivity index (χ1) is 16.5. The summed E-state index contributed by atoms with van der Waals surface area (Å²) in [5, 5.41) is 1.87. The molecule has 0 unspecified atom stereocenters. The molecule has 1 fully saturated rings. The van der Waals surface area contributed by atoms with Crippen molar-refractivity contribution in [3.63, 3.8) is 0 Å². The summed E-state index contributed by atoms with van der Waals surface area (Å²) in [5.74, 6) is 0.940. The molecule has 5 rings (SSSR count). The molecule has 4 aromatic rings. The summed E-state index contributed by atoms with van der Waals surface area (Å²) in [6, 6.07) is 8.22. The van der Waals surface area contributed by atoms with Crippen LogP contribution in [0.3, 0.4) is 0 Å². The van der Waals surface area contributed by atoms with Gasteiger partial charge in [0, 0.05) is 37.5 Å². The smallest absolute Gasteiger partial charge is 0.259 e. The molecule has 1 aliphatic rings. The molecule has 0 saturated carbocycles. The minimum Gasteiger partial charge on any atom is -0.340 e. The molecule has 0 atom stereocenters. The van der Waals surface area contributed by atoms with E-state index in [9.17, 15) is 9.59 Å². The maximum absolute atomic E-state index is 12.7. The molecule has 0 spiro atoms. The van der Waals surface area contributed by atoms with Gasteiger partial charge in [0.05, 0.1) is 27.2 Å². The van der Waals surface area contributed by atoms with Gasteiger partial charge in [0.1, 0.15) is 10.7 Å². The molecule has 9 heteroatoms. The zero-order chi connectivity index (χ0) is 23.7. The molecule has 1 aliphatic heterocycles. The first-order valence-corrected chi connectivity index (χ1v) is 13.4. The number of fused-ring (bicyclic) bond motifs is 2. The van der Waals surface area contributed by atoms with Crippen LogP contribution in [0.2, 0.25) is 0 Å². The summed E-state index contributed by atoms with van der Waals surface area (Å²) in [4.78, 5) is 43.7. The van der Waals surface area contributed by atoms with E-state index in [1.807, 2.05) is 30.9 Å². The number of rotatable bonds is 7. The van der Waals surface area contributed by atoms with E-state index in [1.54, 1.807) is 22.7 Å². The van der Waals surface area contributed by atoms with E-state index in [2.05, 4.69) is 27.0 Å². The highest BCUT2D eigenvalue weighted by Crippen LogP contribution is 2.26. The Balaban J connectivity index is 1.07. The van der Waals surface area contributed by atoms with E-state index < -0.39 is 0 Å². The molecule has 3 aromatic heterocycles. The zero-order valence-electron chi connectivity index (χ0n) is 19.6. The fourth-order valence-electron chi connectivity index (χ4n) is 4.48. The number of para-hydroxylation sites is 1. The zero-order valence-corrected chi connectivity index (χ0v) is 21.2. The lowest BCUT2D eigenvalue weighted by atomic mass is 10.1. The van der Waals surface area contributed by atoms with Crippen LogP contribution in [0.25, 0.3) is 20.4 Å². The second-order valence-corrected chi connectivity index (χ2v) is 11.2. The number of benzene rings is 1. The summed E-state index contributed by atoms with van der Waals surface area (Å²) >= 11 is 3.33. The predicted octanol–water partition coefficient (Wildman–Crippen LogP) is 4.27. The van der Waals surface area contributed by atoms with Gasteiger partial charge in [-0.2, -0.15) is 0 Å². The Kier molecular flexibility index (Phi) is 6.76. The number of aromatic nitrogens is 3. The number of thiophene rings is 1. The highest BCUT2D eigenvalue weighted by molar-refractivity contribution is 7.19. The Morgan fingerprint density at radius 1 is 1.06 bits per heavy atom. The number of nitrogens with zero attached hydrogens (tertiary/aromatic N) is 4. The Hall–Kier alpha value is -2.62. The minimum atomic E-state index is -0.0542. The van der Waals surface area contributed by atoms with Crippen LogP contribution >= 0.6 is 22.7 Å². The molecule has 0 radical (unpaired) electrons. The third-order valence-corrected chi connectivity index (χ3v) is 8.75. The van der Waals surface area contributed by atoms with Gasteiger partial charge >= 0.3 is 0 Å². The molecule has 1 N–H and O–H groups in total. The van der Waals surface area contributed by atoms with E-state index in [1.165, 1.54) is 4.70 Å². The molecule has 1 saturated heterocycles. The number of hydrogen-bond acceptors (Lipinski definition) is 7. The lowest BCUT2D eigenvalue weighted by molar-refractivity contribution is -0.133. The molecule has 178 valence electrons. The van der Waals surface area contributed by atoms with Crippen molar-refractivity contribution in [1.82, 2.24) is 24.8 Å². The number of carbonyl (C=O) groups excluding carboxylic acids is 1. The highest BCUT2D eigenvalue weighted by Gasteiger charge is 2.22. The van der Waals surface area contributed by atoms with Crippen LogP contribution in [0.5, 0.6) is 0 Å². The minimum absolute atomic E-state index is 0.0542. The van der Waals surface area contributed by atoms with Crippen LogP contribution in [0.1, 0.15) is 40.5 Å². The van der Waals surface area contributed by atoms with Gasteiger partial charge in [-0.25, -0.2) is 9.97 Å². The number of thiazole rings is 1. The SMILES string of the molecule is Cc1sc2nc(CN3CCN(C(=O)CCCCc4nc5ccccc5s4)CC3)[nH]c(=O)c2c1C. The average molecular weight is 496 g/mol. The number of carbonyl (C=O) groups is 1. The van der Waals surface area contributed by atoms with E-state index >= 15 is 0 Å². The summed E-state index contributed by atoms with van der Waals surface area (Å²) < 4.78 is 1.23. The van der Waals surface area contributed by atoms with E-state index in [0.717, 1.165) is 71.2 Å². The third-order valence-electron chi connectivity index (χ3n) is 6.56. The second kappa shape index (κ2) is 9.93. The highest BCUT2D eigenvalue weighted by atomic mass is 32.1. The average Bonchev–Trinajstić information content (AvgIpc) is 3.37. The van der Waals surface area contributed by atoms with Gasteiger partial charge in [0.2, 0.25) is 5.91 Å². The Labute approximate surface area is 206 Å². The summed E-state index contributed by atoms with van der Waals surface area (Å²) in [5.41, 5.74) is 2.03. The molecule has 7 nitrogen and oxygen atoms in total. The van der Waals surface area contributed by atoms with Crippen molar-refractivity contribution in [3.8, 4) is 0 Å². The number of hydrogen-bond donors (Lipinski definition) is 1. The van der Waals surface area contributed by atoms with Crippen LogP contribution in [-0.4, -0.2) is 56.8 Å². The Morgan fingerprint density at radius 3 is 2.65 bits per heavy atom. The van der Waals surface area contributed by atoms with Gasteiger partial charge in [-0.3, -0.25) is 14.5 Å². The van der Waals surface area contributed by atoms with Crippen molar-refractivity contribution in [2.24, 2.45) is 0 Å². The second-order valence-electron chi connectivity index (χ2n) is 8.92. The lowest BCUT2D eigenvalue weighted by Gasteiger charge is -2.34. The molecular weight excluding hydrogens is 466 g/mol. The van der Waals surface area contributed by atoms with Crippen LogP contribution in [-0.2, 0) is 17.8 Å². The normalized spacial score (nSPS) is 14.9. The Morgan fingerprint density at radius 2 is 1.85 bits per heavy atom. The number of piperazine rings is 1. The molecule has 0 bridgehead atoms. The number of amides is 1. The van der Waals surface area contributed by atoms with Gasteiger partial charge in [-0.15, -0.1) is 22.7 Å². The standard InChI is InChI=1S/C25H29N5O2S2/c1-16-17(2)33-25-23(16)24(32)27-20(28-25)15-29-11-13-30(14-12-29)22(31)10-6-5-9-21-26-18-7-3-4-8-19(18)34-21/h3-4,7-8H,5-6,9-15H2,1-2H3,(H,27,28,32). The fourth-order valence-corrected chi connectivity index (χ4v) is 6.54. The fraction of sp³-hybridized carbons (Fsp3) is 0.440. The predicted molar refractivity (Wildman–Crippen MR) is 139 cm³/mol. The van der Waals surface area contributed by atoms with Gasteiger partial charge in [-0.1, -0.05) is 12.1 Å². The van der Waals surface area contributed by atoms with Crippen molar-refractivity contribution in [1.29, 1.82) is 0 Å². The van der Waals surface area contributed by atoms with Crippen molar-refractivity contribution >= 4 is 49.0 Å². The van der Waals surface area contributed by atoms with Crippen LogP contribution in [0.15, 0.2) is 29.1 Å². The number of H-pyrrole nitrogens is 1. The summed E-state index contributed by atoms with van der Waals surface area (Å²) in [6.45, 7) is 7.63. The van der Waals surface area contributed by atoms with Crippen LogP contribution in [0, 0.1) is 13.8 Å². The molecule has 1 amide bonds. The van der Waals surface area contributed by atoms with Crippen molar-refractivity contribution in [2.45, 2.75) is 46.1 Å². The molecule has 4 heterocycles. The van der Waals surface area contributed by atoms with E-state index in [-0.39, 0.29) is 11.5 Å². The summed E-state index contributed by atoms with van der Waals surface area (Å²) in [6.07, 6.45) is 3.39. The quantitative estimate of drug-likeness (QED) is 0.387. The number of unbranched alkanes of at least 4 members (excludes halogenated alkanes) is 1. The maximum Gasteiger partial charge on any atom is 0.259 e. The van der Waals surface area contributed by atoms with Crippen molar-refractivity contribution in [2.75, 3.05) is 26.2 Å².